The van der Waals surface area contributed by atoms with Crippen LogP contribution in [0.5, 0.6) is 5.75 Å². The zero-order chi connectivity index (χ0) is 14.7. The molecule has 0 saturated heterocycles. The predicted octanol–water partition coefficient (Wildman–Crippen LogP) is 4.84. The summed E-state index contributed by atoms with van der Waals surface area (Å²) < 4.78 is 7.35. The van der Waals surface area contributed by atoms with Crippen LogP contribution in [0.15, 0.2) is 45.3 Å². The van der Waals surface area contributed by atoms with E-state index in [1.54, 1.807) is 7.11 Å². The Balaban J connectivity index is 2.44. The first-order valence-corrected chi connectivity index (χ1v) is 7.92. The second-order valence-electron chi connectivity index (χ2n) is 4.62. The van der Waals surface area contributed by atoms with Gasteiger partial charge in [0.15, 0.2) is 0 Å². The minimum atomic E-state index is 0.158. The SMILES string of the molecule is CNC(c1ccc(OC)c(Br)c1)c1ccc(Br)cc1C. The van der Waals surface area contributed by atoms with Gasteiger partial charge in [0.2, 0.25) is 0 Å². The minimum Gasteiger partial charge on any atom is -0.496 e. The normalized spacial score (nSPS) is 12.2. The molecular formula is C16H17Br2NO. The van der Waals surface area contributed by atoms with Crippen LogP contribution in [-0.4, -0.2) is 14.2 Å². The quantitative estimate of drug-likeness (QED) is 0.795. The van der Waals surface area contributed by atoms with Gasteiger partial charge in [-0.25, -0.2) is 0 Å². The maximum Gasteiger partial charge on any atom is 0.133 e. The highest BCUT2D eigenvalue weighted by Gasteiger charge is 2.15. The highest BCUT2D eigenvalue weighted by atomic mass is 79.9. The van der Waals surface area contributed by atoms with Gasteiger partial charge in [-0.05, 0) is 70.9 Å². The molecule has 0 aliphatic heterocycles. The van der Waals surface area contributed by atoms with Crippen molar-refractivity contribution < 1.29 is 4.74 Å². The Hall–Kier alpha value is -0.840. The Morgan fingerprint density at radius 1 is 1.10 bits per heavy atom. The molecule has 1 unspecified atom stereocenters. The fourth-order valence-electron chi connectivity index (χ4n) is 2.33. The van der Waals surface area contributed by atoms with Crippen LogP contribution in [0.1, 0.15) is 22.7 Å². The van der Waals surface area contributed by atoms with Gasteiger partial charge in [0.25, 0.3) is 0 Å². The number of halogens is 2. The van der Waals surface area contributed by atoms with Gasteiger partial charge in [-0.1, -0.05) is 28.1 Å². The topological polar surface area (TPSA) is 21.3 Å². The summed E-state index contributed by atoms with van der Waals surface area (Å²) in [6.07, 6.45) is 0. The lowest BCUT2D eigenvalue weighted by Gasteiger charge is -2.20. The van der Waals surface area contributed by atoms with E-state index in [4.69, 9.17) is 4.74 Å². The monoisotopic (exact) mass is 397 g/mol. The highest BCUT2D eigenvalue weighted by molar-refractivity contribution is 9.10. The van der Waals surface area contributed by atoms with Crippen LogP contribution in [0.25, 0.3) is 0 Å². The van der Waals surface area contributed by atoms with Crippen molar-refractivity contribution in [3.8, 4) is 5.75 Å². The van der Waals surface area contributed by atoms with Crippen molar-refractivity contribution >= 4 is 31.9 Å². The smallest absolute Gasteiger partial charge is 0.133 e. The summed E-state index contributed by atoms with van der Waals surface area (Å²) in [4.78, 5) is 0. The summed E-state index contributed by atoms with van der Waals surface area (Å²) in [7, 11) is 3.65. The average Bonchev–Trinajstić information content (AvgIpc) is 2.42. The third-order valence-electron chi connectivity index (χ3n) is 3.34. The molecule has 106 valence electrons. The second-order valence-corrected chi connectivity index (χ2v) is 6.39. The van der Waals surface area contributed by atoms with Crippen LogP contribution in [-0.2, 0) is 0 Å². The predicted molar refractivity (Wildman–Crippen MR) is 90.5 cm³/mol. The molecule has 2 rings (SSSR count). The van der Waals surface area contributed by atoms with Crippen LogP contribution in [0.4, 0.5) is 0 Å². The van der Waals surface area contributed by atoms with Crippen molar-refractivity contribution in [2.45, 2.75) is 13.0 Å². The lowest BCUT2D eigenvalue weighted by Crippen LogP contribution is -2.18. The highest BCUT2D eigenvalue weighted by Crippen LogP contribution is 2.32. The maximum absolute atomic E-state index is 5.29. The Morgan fingerprint density at radius 2 is 1.85 bits per heavy atom. The Morgan fingerprint density at radius 3 is 2.40 bits per heavy atom. The zero-order valence-corrected chi connectivity index (χ0v) is 14.9. The number of hydrogen-bond acceptors (Lipinski definition) is 2. The van der Waals surface area contributed by atoms with Crippen LogP contribution < -0.4 is 10.1 Å². The third kappa shape index (κ3) is 3.25. The molecule has 0 heterocycles. The van der Waals surface area contributed by atoms with Crippen molar-refractivity contribution in [1.82, 2.24) is 5.32 Å². The number of nitrogens with one attached hydrogen (secondary N) is 1. The van der Waals surface area contributed by atoms with E-state index in [0.29, 0.717) is 0 Å². The summed E-state index contributed by atoms with van der Waals surface area (Å²) >= 11 is 7.06. The van der Waals surface area contributed by atoms with Gasteiger partial charge < -0.3 is 10.1 Å². The summed E-state index contributed by atoms with van der Waals surface area (Å²) in [5.74, 6) is 0.844. The largest absolute Gasteiger partial charge is 0.496 e. The molecule has 0 spiro atoms. The van der Waals surface area contributed by atoms with Crippen LogP contribution in [0.2, 0.25) is 0 Å². The molecular weight excluding hydrogens is 382 g/mol. The summed E-state index contributed by atoms with van der Waals surface area (Å²) in [5, 5.41) is 3.38. The zero-order valence-electron chi connectivity index (χ0n) is 11.7. The van der Waals surface area contributed by atoms with Crippen LogP contribution in [0.3, 0.4) is 0 Å². The van der Waals surface area contributed by atoms with Crippen molar-refractivity contribution in [2.24, 2.45) is 0 Å². The van der Waals surface area contributed by atoms with E-state index in [9.17, 15) is 0 Å². The standard InChI is InChI=1S/C16H17Br2NO/c1-10-8-12(17)5-6-13(10)16(19-2)11-4-7-15(20-3)14(18)9-11/h4-9,16,19H,1-3H3. The number of benzene rings is 2. The lowest BCUT2D eigenvalue weighted by molar-refractivity contribution is 0.412. The molecule has 0 fully saturated rings. The Kier molecular flexibility index (Phi) is 5.24. The average molecular weight is 399 g/mol. The van der Waals surface area contributed by atoms with Crippen molar-refractivity contribution in [2.75, 3.05) is 14.2 Å². The molecule has 0 bridgehead atoms. The fraction of sp³-hybridized carbons (Fsp3) is 0.250. The molecule has 1 N–H and O–H groups in total. The number of rotatable bonds is 4. The molecule has 0 amide bonds. The minimum absolute atomic E-state index is 0.158. The molecule has 1 atom stereocenters. The van der Waals surface area contributed by atoms with Gasteiger partial charge in [-0.3, -0.25) is 0 Å². The lowest BCUT2D eigenvalue weighted by atomic mass is 9.95. The summed E-state index contributed by atoms with van der Waals surface area (Å²) in [6, 6.07) is 12.7. The van der Waals surface area contributed by atoms with Crippen LogP contribution in [0, 0.1) is 6.92 Å². The molecule has 0 aromatic heterocycles. The van der Waals surface area contributed by atoms with E-state index in [1.807, 2.05) is 13.1 Å². The molecule has 0 aliphatic carbocycles. The number of ether oxygens (including phenoxy) is 1. The van der Waals surface area contributed by atoms with Crippen molar-refractivity contribution in [1.29, 1.82) is 0 Å². The second kappa shape index (κ2) is 6.74. The molecule has 0 radical (unpaired) electrons. The van der Waals surface area contributed by atoms with E-state index in [1.165, 1.54) is 16.7 Å². The molecule has 0 saturated carbocycles. The van der Waals surface area contributed by atoms with Gasteiger partial charge in [-0.2, -0.15) is 0 Å². The first-order chi connectivity index (χ1) is 9.56. The van der Waals surface area contributed by atoms with Crippen molar-refractivity contribution in [3.63, 3.8) is 0 Å². The number of aryl methyl sites for hydroxylation is 1. The third-order valence-corrected chi connectivity index (χ3v) is 4.45. The van der Waals surface area contributed by atoms with E-state index in [-0.39, 0.29) is 6.04 Å². The summed E-state index contributed by atoms with van der Waals surface area (Å²) in [5.41, 5.74) is 3.73. The molecule has 2 aromatic rings. The van der Waals surface area contributed by atoms with E-state index in [2.05, 4.69) is 74.4 Å². The van der Waals surface area contributed by atoms with Crippen molar-refractivity contribution in [3.05, 3.63) is 62.0 Å². The molecule has 4 heteroatoms. The molecule has 2 aromatic carbocycles. The Bertz CT molecular complexity index is 613. The van der Waals surface area contributed by atoms with E-state index < -0.39 is 0 Å². The molecule has 0 aliphatic rings. The Labute approximate surface area is 136 Å². The molecule has 20 heavy (non-hydrogen) atoms. The summed E-state index contributed by atoms with van der Waals surface area (Å²) in [6.45, 7) is 2.13. The van der Waals surface area contributed by atoms with Gasteiger partial charge in [0, 0.05) is 4.47 Å². The number of hydrogen-bond donors (Lipinski definition) is 1. The first-order valence-electron chi connectivity index (χ1n) is 6.33. The van der Waals surface area contributed by atoms with E-state index in [0.717, 1.165) is 14.7 Å². The number of methoxy groups -OCH3 is 1. The van der Waals surface area contributed by atoms with Crippen LogP contribution >= 0.6 is 31.9 Å². The van der Waals surface area contributed by atoms with Gasteiger partial charge >= 0.3 is 0 Å². The first kappa shape index (κ1) is 15.5. The van der Waals surface area contributed by atoms with Gasteiger partial charge in [-0.15, -0.1) is 0 Å². The van der Waals surface area contributed by atoms with E-state index >= 15 is 0 Å². The fourth-order valence-corrected chi connectivity index (χ4v) is 3.36. The molecule has 2 nitrogen and oxygen atoms in total. The van der Waals surface area contributed by atoms with Gasteiger partial charge in [0.05, 0.1) is 17.6 Å². The maximum atomic E-state index is 5.29. The van der Waals surface area contributed by atoms with Gasteiger partial charge in [0.1, 0.15) is 5.75 Å².